The zero-order valence-corrected chi connectivity index (χ0v) is 17.7. The number of nitrogens with zero attached hydrogens (tertiary/aromatic N) is 1. The van der Waals surface area contributed by atoms with Gasteiger partial charge in [-0.15, -0.1) is 0 Å². The standard InChI is InChI=1S/C24H30N2O3/c1-24(2,3)25-22(27)18-10-12-19(13-11-18)23(28)26-14-6-8-20(26)15-17-7-5-9-21(16-17)29-4/h5,7,9-13,16,20H,6,8,14-15H2,1-4H3,(H,25,27). The summed E-state index contributed by atoms with van der Waals surface area (Å²) in [5.74, 6) is 0.731. The SMILES string of the molecule is COc1cccc(CC2CCCN2C(=O)c2ccc(C(=O)NC(C)(C)C)cc2)c1. The number of hydrogen-bond donors (Lipinski definition) is 1. The van der Waals surface area contributed by atoms with Crippen molar-refractivity contribution in [3.63, 3.8) is 0 Å². The molecule has 1 aliphatic heterocycles. The molecule has 3 rings (SSSR count). The van der Waals surface area contributed by atoms with Crippen LogP contribution >= 0.6 is 0 Å². The molecule has 0 spiro atoms. The molecule has 0 bridgehead atoms. The zero-order valence-electron chi connectivity index (χ0n) is 17.7. The van der Waals surface area contributed by atoms with Crippen LogP contribution < -0.4 is 10.1 Å². The quantitative estimate of drug-likeness (QED) is 0.832. The first-order valence-electron chi connectivity index (χ1n) is 10.1. The second-order valence-corrected chi connectivity index (χ2v) is 8.63. The molecule has 0 saturated carbocycles. The van der Waals surface area contributed by atoms with E-state index in [4.69, 9.17) is 4.74 Å². The molecule has 1 atom stereocenters. The summed E-state index contributed by atoms with van der Waals surface area (Å²) < 4.78 is 5.31. The van der Waals surface area contributed by atoms with Gasteiger partial charge in [0.05, 0.1) is 7.11 Å². The number of methoxy groups -OCH3 is 1. The summed E-state index contributed by atoms with van der Waals surface area (Å²) >= 11 is 0. The van der Waals surface area contributed by atoms with E-state index in [2.05, 4.69) is 11.4 Å². The van der Waals surface area contributed by atoms with Crippen LogP contribution in [0.25, 0.3) is 0 Å². The Hall–Kier alpha value is -2.82. The number of likely N-dealkylation sites (tertiary alicyclic amines) is 1. The van der Waals surface area contributed by atoms with Crippen molar-refractivity contribution in [1.29, 1.82) is 0 Å². The van der Waals surface area contributed by atoms with Crippen LogP contribution in [0, 0.1) is 0 Å². The molecule has 1 unspecified atom stereocenters. The number of carbonyl (C=O) groups excluding carboxylic acids is 2. The third-order valence-corrected chi connectivity index (χ3v) is 5.13. The first-order chi connectivity index (χ1) is 13.8. The summed E-state index contributed by atoms with van der Waals surface area (Å²) in [7, 11) is 1.66. The number of nitrogens with one attached hydrogen (secondary N) is 1. The van der Waals surface area contributed by atoms with Crippen molar-refractivity contribution < 1.29 is 14.3 Å². The topological polar surface area (TPSA) is 58.6 Å². The van der Waals surface area contributed by atoms with Crippen LogP contribution in [-0.2, 0) is 6.42 Å². The van der Waals surface area contributed by atoms with Crippen LogP contribution in [0.3, 0.4) is 0 Å². The maximum absolute atomic E-state index is 13.1. The predicted octanol–water partition coefficient (Wildman–Crippen LogP) is 4.07. The molecule has 1 fully saturated rings. The van der Waals surface area contributed by atoms with Crippen LogP contribution in [0.5, 0.6) is 5.75 Å². The van der Waals surface area contributed by atoms with E-state index >= 15 is 0 Å². The zero-order chi connectivity index (χ0) is 21.0. The third-order valence-electron chi connectivity index (χ3n) is 5.13. The average molecular weight is 395 g/mol. The minimum Gasteiger partial charge on any atom is -0.497 e. The highest BCUT2D eigenvalue weighted by Gasteiger charge is 2.29. The summed E-state index contributed by atoms with van der Waals surface area (Å²) in [6.45, 7) is 6.59. The lowest BCUT2D eigenvalue weighted by molar-refractivity contribution is 0.0735. The van der Waals surface area contributed by atoms with E-state index in [9.17, 15) is 9.59 Å². The monoisotopic (exact) mass is 394 g/mol. The van der Waals surface area contributed by atoms with Gasteiger partial charge in [0.15, 0.2) is 0 Å². The Labute approximate surface area is 173 Å². The lowest BCUT2D eigenvalue weighted by atomic mass is 10.0. The van der Waals surface area contributed by atoms with Crippen LogP contribution in [0.1, 0.15) is 59.9 Å². The van der Waals surface area contributed by atoms with Crippen LogP contribution in [-0.4, -0.2) is 41.9 Å². The summed E-state index contributed by atoms with van der Waals surface area (Å²) in [5, 5.41) is 2.94. The molecule has 1 saturated heterocycles. The van der Waals surface area contributed by atoms with E-state index in [0.717, 1.165) is 31.6 Å². The van der Waals surface area contributed by atoms with Gasteiger partial charge in [-0.3, -0.25) is 9.59 Å². The first-order valence-corrected chi connectivity index (χ1v) is 10.1. The van der Waals surface area contributed by atoms with Crippen molar-refractivity contribution in [2.75, 3.05) is 13.7 Å². The minimum atomic E-state index is -0.297. The Morgan fingerprint density at radius 2 is 1.79 bits per heavy atom. The molecule has 5 heteroatoms. The van der Waals surface area contributed by atoms with Gasteiger partial charge < -0.3 is 15.0 Å². The van der Waals surface area contributed by atoms with Crippen molar-refractivity contribution in [3.8, 4) is 5.75 Å². The highest BCUT2D eigenvalue weighted by atomic mass is 16.5. The Bertz CT molecular complexity index is 868. The average Bonchev–Trinajstić information content (AvgIpc) is 3.14. The van der Waals surface area contributed by atoms with Crippen LogP contribution in [0.15, 0.2) is 48.5 Å². The van der Waals surface area contributed by atoms with Crippen molar-refractivity contribution in [1.82, 2.24) is 10.2 Å². The number of ether oxygens (including phenoxy) is 1. The minimum absolute atomic E-state index is 0.0261. The highest BCUT2D eigenvalue weighted by molar-refractivity contribution is 5.98. The number of carbonyl (C=O) groups is 2. The molecular formula is C24H30N2O3. The molecule has 5 nitrogen and oxygen atoms in total. The van der Waals surface area contributed by atoms with Gasteiger partial charge in [0.2, 0.25) is 0 Å². The molecule has 0 aromatic heterocycles. The fourth-order valence-corrected chi connectivity index (χ4v) is 3.73. The molecule has 2 aromatic carbocycles. The normalized spacial score (nSPS) is 16.6. The summed E-state index contributed by atoms with van der Waals surface area (Å²) in [4.78, 5) is 27.3. The highest BCUT2D eigenvalue weighted by Crippen LogP contribution is 2.25. The van der Waals surface area contributed by atoms with Gasteiger partial charge in [-0.1, -0.05) is 12.1 Å². The Balaban J connectivity index is 1.69. The lowest BCUT2D eigenvalue weighted by Gasteiger charge is -2.25. The third kappa shape index (κ3) is 5.37. The largest absolute Gasteiger partial charge is 0.497 e. The van der Waals surface area contributed by atoms with Gasteiger partial charge in [-0.2, -0.15) is 0 Å². The number of rotatable bonds is 5. The molecule has 2 amide bonds. The molecule has 29 heavy (non-hydrogen) atoms. The smallest absolute Gasteiger partial charge is 0.254 e. The van der Waals surface area contributed by atoms with Crippen LogP contribution in [0.4, 0.5) is 0 Å². The maximum atomic E-state index is 13.1. The van der Waals surface area contributed by atoms with E-state index in [1.807, 2.05) is 43.9 Å². The number of hydrogen-bond acceptors (Lipinski definition) is 3. The second-order valence-electron chi connectivity index (χ2n) is 8.63. The van der Waals surface area contributed by atoms with Crippen LogP contribution in [0.2, 0.25) is 0 Å². The van der Waals surface area contributed by atoms with Crippen molar-refractivity contribution in [2.45, 2.75) is 51.6 Å². The van der Waals surface area contributed by atoms with Gasteiger partial charge in [-0.05, 0) is 82.0 Å². The summed E-state index contributed by atoms with van der Waals surface area (Å²) in [6, 6.07) is 15.1. The van der Waals surface area contributed by atoms with Crippen molar-refractivity contribution in [2.24, 2.45) is 0 Å². The van der Waals surface area contributed by atoms with Crippen molar-refractivity contribution in [3.05, 3.63) is 65.2 Å². The number of amides is 2. The fraction of sp³-hybridized carbons (Fsp3) is 0.417. The lowest BCUT2D eigenvalue weighted by Crippen LogP contribution is -2.40. The van der Waals surface area contributed by atoms with Gasteiger partial charge in [-0.25, -0.2) is 0 Å². The Morgan fingerprint density at radius 3 is 2.45 bits per heavy atom. The first kappa shape index (κ1) is 20.9. The molecular weight excluding hydrogens is 364 g/mol. The van der Waals surface area contributed by atoms with Gasteiger partial charge in [0, 0.05) is 29.3 Å². The number of benzene rings is 2. The molecule has 1 aliphatic rings. The van der Waals surface area contributed by atoms with Gasteiger partial charge in [0.25, 0.3) is 11.8 Å². The van der Waals surface area contributed by atoms with E-state index in [1.165, 1.54) is 5.56 Å². The Morgan fingerprint density at radius 1 is 1.10 bits per heavy atom. The molecule has 1 N–H and O–H groups in total. The summed E-state index contributed by atoms with van der Waals surface area (Å²) in [5.41, 5.74) is 2.05. The molecule has 154 valence electrons. The predicted molar refractivity (Wildman–Crippen MR) is 114 cm³/mol. The molecule has 1 heterocycles. The fourth-order valence-electron chi connectivity index (χ4n) is 3.73. The van der Waals surface area contributed by atoms with Gasteiger partial charge >= 0.3 is 0 Å². The Kier molecular flexibility index (Phi) is 6.26. The van der Waals surface area contributed by atoms with E-state index < -0.39 is 0 Å². The van der Waals surface area contributed by atoms with Gasteiger partial charge in [0.1, 0.15) is 5.75 Å². The molecule has 0 radical (unpaired) electrons. The molecule has 2 aromatic rings. The second kappa shape index (κ2) is 8.68. The summed E-state index contributed by atoms with van der Waals surface area (Å²) in [6.07, 6.45) is 2.82. The van der Waals surface area contributed by atoms with E-state index in [0.29, 0.717) is 11.1 Å². The van der Waals surface area contributed by atoms with E-state index in [-0.39, 0.29) is 23.4 Å². The molecule has 0 aliphatic carbocycles. The maximum Gasteiger partial charge on any atom is 0.254 e. The van der Waals surface area contributed by atoms with Crippen molar-refractivity contribution >= 4 is 11.8 Å². The van der Waals surface area contributed by atoms with E-state index in [1.54, 1.807) is 31.4 Å².